The number of ketones is 1. The van der Waals surface area contributed by atoms with Gasteiger partial charge < -0.3 is 18.9 Å². The van der Waals surface area contributed by atoms with E-state index in [2.05, 4.69) is 6.58 Å². The van der Waals surface area contributed by atoms with Gasteiger partial charge in [-0.15, -0.1) is 6.58 Å². The first kappa shape index (κ1) is 21.5. The van der Waals surface area contributed by atoms with Crippen molar-refractivity contribution in [2.45, 2.75) is 31.8 Å². The molecule has 5 nitrogen and oxygen atoms in total. The van der Waals surface area contributed by atoms with Crippen molar-refractivity contribution < 1.29 is 23.7 Å². The summed E-state index contributed by atoms with van der Waals surface area (Å²) in [4.78, 5) is 13.6. The van der Waals surface area contributed by atoms with Gasteiger partial charge in [-0.25, -0.2) is 0 Å². The van der Waals surface area contributed by atoms with E-state index in [4.69, 9.17) is 18.9 Å². The van der Waals surface area contributed by atoms with Crippen LogP contribution in [0.15, 0.2) is 49.1 Å². The lowest BCUT2D eigenvalue weighted by Crippen LogP contribution is -2.27. The van der Waals surface area contributed by atoms with E-state index in [0.717, 1.165) is 11.1 Å². The molecule has 0 aliphatic carbocycles. The van der Waals surface area contributed by atoms with Crippen molar-refractivity contribution in [3.63, 3.8) is 0 Å². The minimum absolute atomic E-state index is 0.0556. The molecule has 5 heteroatoms. The number of hydrogen-bond donors (Lipinski definition) is 0. The summed E-state index contributed by atoms with van der Waals surface area (Å²) in [5.74, 6) is 1.91. The molecular weight excluding hydrogens is 380 g/mol. The van der Waals surface area contributed by atoms with Gasteiger partial charge in [0.05, 0.1) is 38.4 Å². The van der Waals surface area contributed by atoms with Gasteiger partial charge >= 0.3 is 0 Å². The number of allylic oxidation sites excluding steroid dienone is 1. The van der Waals surface area contributed by atoms with Crippen LogP contribution in [-0.4, -0.2) is 32.7 Å². The molecule has 0 radical (unpaired) electrons. The van der Waals surface area contributed by atoms with E-state index < -0.39 is 11.5 Å². The van der Waals surface area contributed by atoms with Gasteiger partial charge in [-0.05, 0) is 62.2 Å². The minimum Gasteiger partial charge on any atom is -0.495 e. The third-order valence-corrected chi connectivity index (χ3v) is 5.18. The molecule has 158 valence electrons. The first-order valence-electron chi connectivity index (χ1n) is 9.81. The van der Waals surface area contributed by atoms with Gasteiger partial charge in [0, 0.05) is 0 Å². The molecule has 1 unspecified atom stereocenters. The molecule has 0 spiro atoms. The quantitative estimate of drug-likeness (QED) is 0.430. The van der Waals surface area contributed by atoms with Crippen LogP contribution < -0.4 is 18.9 Å². The Morgan fingerprint density at radius 1 is 1.10 bits per heavy atom. The third-order valence-electron chi connectivity index (χ3n) is 5.18. The van der Waals surface area contributed by atoms with E-state index in [1.807, 2.05) is 44.2 Å². The zero-order valence-corrected chi connectivity index (χ0v) is 18.2. The molecule has 0 saturated carbocycles. The van der Waals surface area contributed by atoms with E-state index >= 15 is 0 Å². The molecule has 1 aliphatic rings. The maximum absolute atomic E-state index is 13.6. The van der Waals surface area contributed by atoms with E-state index in [-0.39, 0.29) is 5.78 Å². The molecule has 2 aromatic carbocycles. The van der Waals surface area contributed by atoms with Crippen molar-refractivity contribution in [3.8, 4) is 23.0 Å². The highest BCUT2D eigenvalue weighted by Crippen LogP contribution is 2.41. The second-order valence-electron chi connectivity index (χ2n) is 7.65. The summed E-state index contributed by atoms with van der Waals surface area (Å²) in [6.45, 7) is 7.80. The largest absolute Gasteiger partial charge is 0.495 e. The molecule has 1 aliphatic heterocycles. The monoisotopic (exact) mass is 408 g/mol. The van der Waals surface area contributed by atoms with Crippen LogP contribution in [0.1, 0.15) is 47.7 Å². The zero-order valence-electron chi connectivity index (χ0n) is 18.2. The van der Waals surface area contributed by atoms with Crippen LogP contribution in [-0.2, 0) is 0 Å². The number of carbonyl (C=O) groups is 1. The first-order valence-corrected chi connectivity index (χ1v) is 9.81. The topological polar surface area (TPSA) is 54.0 Å². The summed E-state index contributed by atoms with van der Waals surface area (Å²) in [6.07, 6.45) is 6.14. The van der Waals surface area contributed by atoms with E-state index in [9.17, 15) is 4.79 Å². The van der Waals surface area contributed by atoms with Gasteiger partial charge in [0.2, 0.25) is 0 Å². The Labute approximate surface area is 177 Å². The number of hydrogen-bond acceptors (Lipinski definition) is 5. The minimum atomic E-state index is -0.431. The maximum atomic E-state index is 13.6. The summed E-state index contributed by atoms with van der Waals surface area (Å²) >= 11 is 0. The fourth-order valence-electron chi connectivity index (χ4n) is 3.66. The lowest BCUT2D eigenvalue weighted by Gasteiger charge is -2.29. The predicted octanol–water partition coefficient (Wildman–Crippen LogP) is 5.44. The molecular formula is C25H28O5. The van der Waals surface area contributed by atoms with Crippen LogP contribution in [0.4, 0.5) is 0 Å². The predicted molar refractivity (Wildman–Crippen MR) is 118 cm³/mol. The molecule has 1 heterocycles. The first-order chi connectivity index (χ1) is 14.3. The molecule has 0 saturated heterocycles. The summed E-state index contributed by atoms with van der Waals surface area (Å²) in [5.41, 5.74) is 1.69. The van der Waals surface area contributed by atoms with E-state index in [1.165, 1.54) is 0 Å². The molecule has 1 atom stereocenters. The number of methoxy groups -OCH3 is 3. The normalized spacial score (nSPS) is 14.8. The number of benzene rings is 2. The summed E-state index contributed by atoms with van der Waals surface area (Å²) in [6, 6.07) is 9.12. The number of Topliss-reactive ketones (excluding diaryl/α,β-unsaturated/α-hetero) is 1. The molecule has 2 aromatic rings. The van der Waals surface area contributed by atoms with Gasteiger partial charge in [-0.3, -0.25) is 4.79 Å². The number of rotatable bonds is 8. The Morgan fingerprint density at radius 2 is 1.83 bits per heavy atom. The molecule has 0 amide bonds. The molecule has 0 bridgehead atoms. The van der Waals surface area contributed by atoms with Gasteiger partial charge in [0.1, 0.15) is 17.1 Å². The standard InChI is InChI=1S/C25H28O5/c1-7-8-17(16-9-11-21(27-4)22(15-16)28-5)23(26)19-10-12-20-18(24(19)29-6)13-14-25(2,3)30-20/h7,9-15,17H,1,8H2,2-6H3. The van der Waals surface area contributed by atoms with Gasteiger partial charge in [0.25, 0.3) is 0 Å². The Bertz CT molecular complexity index is 987. The van der Waals surface area contributed by atoms with Gasteiger partial charge in [0.15, 0.2) is 17.3 Å². The Balaban J connectivity index is 2.06. The fourth-order valence-corrected chi connectivity index (χ4v) is 3.66. The van der Waals surface area contributed by atoms with E-state index in [1.54, 1.807) is 39.5 Å². The number of ether oxygens (including phenoxy) is 4. The van der Waals surface area contributed by atoms with Crippen molar-refractivity contribution in [2.75, 3.05) is 21.3 Å². The average Bonchev–Trinajstić information content (AvgIpc) is 2.74. The lowest BCUT2D eigenvalue weighted by atomic mass is 9.86. The highest BCUT2D eigenvalue weighted by Gasteiger charge is 2.30. The molecule has 0 N–H and O–H groups in total. The third kappa shape index (κ3) is 4.06. The average molecular weight is 408 g/mol. The van der Waals surface area contributed by atoms with Crippen molar-refractivity contribution in [1.29, 1.82) is 0 Å². The Hall–Kier alpha value is -3.21. The van der Waals surface area contributed by atoms with Crippen LogP contribution in [0.2, 0.25) is 0 Å². The van der Waals surface area contributed by atoms with Crippen molar-refractivity contribution in [1.82, 2.24) is 0 Å². The van der Waals surface area contributed by atoms with E-state index in [0.29, 0.717) is 35.0 Å². The zero-order chi connectivity index (χ0) is 21.9. The maximum Gasteiger partial charge on any atom is 0.174 e. The highest BCUT2D eigenvalue weighted by molar-refractivity contribution is 6.04. The Morgan fingerprint density at radius 3 is 2.47 bits per heavy atom. The van der Waals surface area contributed by atoms with Gasteiger partial charge in [-0.2, -0.15) is 0 Å². The van der Waals surface area contributed by atoms with Gasteiger partial charge in [-0.1, -0.05) is 12.1 Å². The summed E-state index contributed by atoms with van der Waals surface area (Å²) < 4.78 is 22.4. The van der Waals surface area contributed by atoms with Crippen molar-refractivity contribution in [3.05, 3.63) is 65.8 Å². The summed E-state index contributed by atoms with van der Waals surface area (Å²) in [5, 5.41) is 0. The second-order valence-corrected chi connectivity index (χ2v) is 7.65. The number of carbonyl (C=O) groups excluding carboxylic acids is 1. The smallest absolute Gasteiger partial charge is 0.174 e. The van der Waals surface area contributed by atoms with Crippen LogP contribution in [0.5, 0.6) is 23.0 Å². The fraction of sp³-hybridized carbons (Fsp3) is 0.320. The van der Waals surface area contributed by atoms with Crippen LogP contribution >= 0.6 is 0 Å². The molecule has 3 rings (SSSR count). The van der Waals surface area contributed by atoms with Crippen LogP contribution in [0, 0.1) is 0 Å². The summed E-state index contributed by atoms with van der Waals surface area (Å²) in [7, 11) is 4.73. The lowest BCUT2D eigenvalue weighted by molar-refractivity contribution is 0.0956. The Kier molecular flexibility index (Phi) is 6.20. The molecule has 30 heavy (non-hydrogen) atoms. The van der Waals surface area contributed by atoms with Crippen LogP contribution in [0.3, 0.4) is 0 Å². The highest BCUT2D eigenvalue weighted by atomic mass is 16.5. The van der Waals surface area contributed by atoms with Crippen LogP contribution in [0.25, 0.3) is 6.08 Å². The molecule has 0 aromatic heterocycles. The number of fused-ring (bicyclic) bond motifs is 1. The van der Waals surface area contributed by atoms with Crippen molar-refractivity contribution in [2.24, 2.45) is 0 Å². The second kappa shape index (κ2) is 8.66. The van der Waals surface area contributed by atoms with Crippen molar-refractivity contribution >= 4 is 11.9 Å². The molecule has 0 fully saturated rings. The SMILES string of the molecule is C=CCC(C(=O)c1ccc2c(c1OC)C=CC(C)(C)O2)c1ccc(OC)c(OC)c1.